The maximum atomic E-state index is 13.0. The van der Waals surface area contributed by atoms with E-state index in [4.69, 9.17) is 0 Å². The highest BCUT2D eigenvalue weighted by molar-refractivity contribution is 14.1. The molecule has 0 aliphatic heterocycles. The van der Waals surface area contributed by atoms with Gasteiger partial charge in [-0.25, -0.2) is 14.0 Å². The van der Waals surface area contributed by atoms with Crippen molar-refractivity contribution in [1.82, 2.24) is 5.32 Å². The number of halogens is 2. The molecule has 0 aromatic heterocycles. The number of benzene rings is 1. The number of carboxylic acids is 1. The van der Waals surface area contributed by atoms with Crippen LogP contribution in [0.5, 0.6) is 0 Å². The molecule has 2 amide bonds. The monoisotopic (exact) mass is 392 g/mol. The molecular weight excluding hydrogens is 378 g/mol. The van der Waals surface area contributed by atoms with E-state index in [0.717, 1.165) is 12.8 Å². The fourth-order valence-electron chi connectivity index (χ4n) is 1.97. The first-order chi connectivity index (χ1) is 9.33. The van der Waals surface area contributed by atoms with Gasteiger partial charge in [0.2, 0.25) is 0 Å². The van der Waals surface area contributed by atoms with Crippen molar-refractivity contribution in [2.45, 2.75) is 25.3 Å². The molecule has 1 aliphatic rings. The maximum absolute atomic E-state index is 13.0. The smallest absolute Gasteiger partial charge is 0.329 e. The van der Waals surface area contributed by atoms with Gasteiger partial charge < -0.3 is 15.7 Å². The number of aliphatic carboxylic acids is 1. The number of anilines is 1. The van der Waals surface area contributed by atoms with Crippen LogP contribution in [0.15, 0.2) is 18.2 Å². The van der Waals surface area contributed by atoms with Crippen LogP contribution in [0.3, 0.4) is 0 Å². The molecule has 1 fully saturated rings. The summed E-state index contributed by atoms with van der Waals surface area (Å²) in [6.07, 6.45) is 1.58. The minimum atomic E-state index is -1.27. The quantitative estimate of drug-likeness (QED) is 0.690. The zero-order valence-electron chi connectivity index (χ0n) is 10.7. The largest absolute Gasteiger partial charge is 0.480 e. The van der Waals surface area contributed by atoms with E-state index in [2.05, 4.69) is 10.6 Å². The third-order valence-corrected chi connectivity index (χ3v) is 4.28. The summed E-state index contributed by atoms with van der Waals surface area (Å²) in [7, 11) is 0. The average molecular weight is 392 g/mol. The molecule has 1 atom stereocenters. The molecule has 7 heteroatoms. The number of hydrogen-bond acceptors (Lipinski definition) is 2. The van der Waals surface area contributed by atoms with Gasteiger partial charge in [-0.05, 0) is 66.5 Å². The number of hydrogen-bond donors (Lipinski definition) is 3. The summed E-state index contributed by atoms with van der Waals surface area (Å²) in [6.45, 7) is 1.50. The van der Waals surface area contributed by atoms with Crippen molar-refractivity contribution >= 4 is 40.3 Å². The lowest BCUT2D eigenvalue weighted by molar-refractivity contribution is -0.144. The molecule has 2 rings (SSSR count). The van der Waals surface area contributed by atoms with Crippen molar-refractivity contribution in [2.24, 2.45) is 5.92 Å². The first-order valence-electron chi connectivity index (χ1n) is 6.10. The van der Waals surface area contributed by atoms with Crippen molar-refractivity contribution in [2.75, 3.05) is 5.32 Å². The lowest BCUT2D eigenvalue weighted by Gasteiger charge is -2.26. The molecule has 0 spiro atoms. The maximum Gasteiger partial charge on any atom is 0.329 e. The van der Waals surface area contributed by atoms with E-state index >= 15 is 0 Å². The normalized spacial score (nSPS) is 17.1. The first kappa shape index (κ1) is 15.0. The van der Waals surface area contributed by atoms with Crippen LogP contribution in [0.25, 0.3) is 0 Å². The molecule has 3 N–H and O–H groups in total. The van der Waals surface area contributed by atoms with E-state index in [1.165, 1.54) is 25.1 Å². The summed E-state index contributed by atoms with van der Waals surface area (Å²) < 4.78 is 13.5. The van der Waals surface area contributed by atoms with Crippen LogP contribution in [-0.4, -0.2) is 22.6 Å². The van der Waals surface area contributed by atoms with E-state index in [-0.39, 0.29) is 5.92 Å². The number of amides is 2. The van der Waals surface area contributed by atoms with Crippen molar-refractivity contribution in [3.8, 4) is 0 Å². The second kappa shape index (κ2) is 5.55. The summed E-state index contributed by atoms with van der Waals surface area (Å²) in [5, 5.41) is 14.3. The van der Waals surface area contributed by atoms with Crippen LogP contribution in [0, 0.1) is 15.3 Å². The second-order valence-electron chi connectivity index (χ2n) is 4.99. The molecular formula is C13H14FIN2O3. The molecule has 5 nitrogen and oxygen atoms in total. The Balaban J connectivity index is 2.06. The summed E-state index contributed by atoms with van der Waals surface area (Å²) in [5.74, 6) is -1.49. The van der Waals surface area contributed by atoms with Gasteiger partial charge in [0.05, 0.1) is 5.69 Å². The zero-order chi connectivity index (χ0) is 14.9. The number of urea groups is 1. The van der Waals surface area contributed by atoms with E-state index in [1.54, 1.807) is 0 Å². The summed E-state index contributed by atoms with van der Waals surface area (Å²) >= 11 is 1.90. The Bertz CT molecular complexity index is 563. The third-order valence-electron chi connectivity index (χ3n) is 3.39. The van der Waals surface area contributed by atoms with Crippen molar-refractivity contribution in [3.63, 3.8) is 0 Å². The number of nitrogens with one attached hydrogen (secondary N) is 2. The van der Waals surface area contributed by atoms with Gasteiger partial charge in [-0.1, -0.05) is 0 Å². The summed E-state index contributed by atoms with van der Waals surface area (Å²) in [5.41, 5.74) is -0.830. The summed E-state index contributed by atoms with van der Waals surface area (Å²) in [6, 6.07) is 3.35. The lowest BCUT2D eigenvalue weighted by atomic mass is 9.96. The molecule has 1 unspecified atom stereocenters. The molecule has 108 valence electrons. The van der Waals surface area contributed by atoms with Crippen LogP contribution in [-0.2, 0) is 4.79 Å². The molecule has 0 saturated heterocycles. The topological polar surface area (TPSA) is 78.4 Å². The standard InChI is InChI=1S/C13H14FIN2O3/c1-13(11(18)19,7-2-3-7)17-12(20)16-10-5-4-8(14)6-9(10)15/h4-7H,2-3H2,1H3,(H,18,19)(H2,16,17,20). The fraction of sp³-hybridized carbons (Fsp3) is 0.385. The molecule has 1 aromatic rings. The van der Waals surface area contributed by atoms with Gasteiger partial charge in [0.1, 0.15) is 11.4 Å². The molecule has 1 aliphatic carbocycles. The Morgan fingerprint density at radius 2 is 2.10 bits per heavy atom. The summed E-state index contributed by atoms with van der Waals surface area (Å²) in [4.78, 5) is 23.2. The van der Waals surface area contributed by atoms with Gasteiger partial charge in [0, 0.05) is 3.57 Å². The highest BCUT2D eigenvalue weighted by Gasteiger charge is 2.48. The van der Waals surface area contributed by atoms with Gasteiger partial charge in [-0.15, -0.1) is 0 Å². The Morgan fingerprint density at radius 3 is 2.60 bits per heavy atom. The Labute approximate surface area is 129 Å². The van der Waals surface area contributed by atoms with Gasteiger partial charge in [0.15, 0.2) is 0 Å². The molecule has 0 radical (unpaired) electrons. The number of carboxylic acid groups (broad SMARTS) is 1. The molecule has 0 heterocycles. The van der Waals surface area contributed by atoms with Gasteiger partial charge in [0.25, 0.3) is 0 Å². The molecule has 0 bridgehead atoms. The lowest BCUT2D eigenvalue weighted by Crippen LogP contribution is -2.55. The predicted molar refractivity (Wildman–Crippen MR) is 80.0 cm³/mol. The highest BCUT2D eigenvalue weighted by atomic mass is 127. The van der Waals surface area contributed by atoms with Crippen LogP contribution < -0.4 is 10.6 Å². The van der Waals surface area contributed by atoms with Crippen LogP contribution in [0.4, 0.5) is 14.9 Å². The Kier molecular flexibility index (Phi) is 4.17. The number of rotatable bonds is 4. The van der Waals surface area contributed by atoms with Crippen molar-refractivity contribution in [1.29, 1.82) is 0 Å². The van der Waals surface area contributed by atoms with Crippen molar-refractivity contribution in [3.05, 3.63) is 27.6 Å². The van der Waals surface area contributed by atoms with Crippen LogP contribution in [0.1, 0.15) is 19.8 Å². The second-order valence-corrected chi connectivity index (χ2v) is 6.15. The number of carbonyl (C=O) groups is 2. The van der Waals surface area contributed by atoms with Crippen molar-refractivity contribution < 1.29 is 19.1 Å². The fourth-order valence-corrected chi connectivity index (χ4v) is 2.58. The van der Waals surface area contributed by atoms with Crippen LogP contribution in [0.2, 0.25) is 0 Å². The third kappa shape index (κ3) is 3.20. The highest BCUT2D eigenvalue weighted by Crippen LogP contribution is 2.39. The SMILES string of the molecule is CC(NC(=O)Nc1ccc(F)cc1I)(C(=O)O)C1CC1. The average Bonchev–Trinajstić information content (AvgIpc) is 3.16. The van der Waals surface area contributed by atoms with E-state index in [9.17, 15) is 19.1 Å². The van der Waals surface area contributed by atoms with E-state index in [0.29, 0.717) is 9.26 Å². The predicted octanol–water partition coefficient (Wildman–Crippen LogP) is 2.81. The zero-order valence-corrected chi connectivity index (χ0v) is 12.9. The van der Waals surface area contributed by atoms with E-state index < -0.39 is 23.4 Å². The Morgan fingerprint density at radius 1 is 1.45 bits per heavy atom. The van der Waals surface area contributed by atoms with E-state index in [1.807, 2.05) is 22.6 Å². The first-order valence-corrected chi connectivity index (χ1v) is 7.18. The minimum absolute atomic E-state index is 0.0435. The van der Waals surface area contributed by atoms with Crippen LogP contribution >= 0.6 is 22.6 Å². The van der Waals surface area contributed by atoms with Gasteiger partial charge in [-0.2, -0.15) is 0 Å². The minimum Gasteiger partial charge on any atom is -0.480 e. The Hall–Kier alpha value is -1.38. The van der Waals surface area contributed by atoms with Gasteiger partial charge in [-0.3, -0.25) is 0 Å². The number of carbonyl (C=O) groups excluding carboxylic acids is 1. The molecule has 1 aromatic carbocycles. The molecule has 1 saturated carbocycles. The van der Waals surface area contributed by atoms with Gasteiger partial charge >= 0.3 is 12.0 Å². The molecule has 20 heavy (non-hydrogen) atoms.